The van der Waals surface area contributed by atoms with Crippen LogP contribution in [0.3, 0.4) is 0 Å². The number of rotatable bonds is 6. The van der Waals surface area contributed by atoms with Crippen molar-refractivity contribution in [3.63, 3.8) is 0 Å². The average Bonchev–Trinajstić information content (AvgIpc) is 3.38. The van der Waals surface area contributed by atoms with E-state index in [-0.39, 0.29) is 48.0 Å². The molecule has 34 heavy (non-hydrogen) atoms. The largest absolute Gasteiger partial charge is 0.338 e. The summed E-state index contributed by atoms with van der Waals surface area (Å²) in [5.41, 5.74) is 6.85. The molecule has 0 aliphatic carbocycles. The molecule has 9 heteroatoms. The third-order valence-corrected chi connectivity index (χ3v) is 6.68. The van der Waals surface area contributed by atoms with Crippen LogP contribution in [-0.4, -0.2) is 59.1 Å². The Morgan fingerprint density at radius 2 is 1.74 bits per heavy atom. The zero-order valence-corrected chi connectivity index (χ0v) is 18.8. The monoisotopic (exact) mass is 473 g/mol. The van der Waals surface area contributed by atoms with E-state index in [0.717, 1.165) is 12.5 Å². The van der Waals surface area contributed by atoms with Gasteiger partial charge in [0.05, 0.1) is 6.04 Å². The Bertz CT molecular complexity index is 1140. The van der Waals surface area contributed by atoms with Gasteiger partial charge in [-0.3, -0.25) is 14.4 Å². The Kier molecular flexibility index (Phi) is 6.74. The first-order valence-electron chi connectivity index (χ1n) is 11.2. The van der Waals surface area contributed by atoms with Crippen LogP contribution >= 0.6 is 0 Å². The van der Waals surface area contributed by atoms with Crippen LogP contribution in [0, 0.1) is 23.4 Å². The van der Waals surface area contributed by atoms with E-state index < -0.39 is 23.5 Å². The maximum absolute atomic E-state index is 13.9. The van der Waals surface area contributed by atoms with Crippen molar-refractivity contribution in [2.24, 2.45) is 11.7 Å². The van der Waals surface area contributed by atoms with Gasteiger partial charge in [0.25, 0.3) is 5.91 Å². The smallest absolute Gasteiger partial charge is 0.253 e. The summed E-state index contributed by atoms with van der Waals surface area (Å²) >= 11 is 0. The summed E-state index contributed by atoms with van der Waals surface area (Å²) in [7, 11) is 0. The van der Waals surface area contributed by atoms with Gasteiger partial charge in [0.2, 0.25) is 5.91 Å². The quantitative estimate of drug-likeness (QED) is 0.517. The van der Waals surface area contributed by atoms with Gasteiger partial charge in [0, 0.05) is 55.2 Å². The number of Topliss-reactive ketones (excluding diaryl/α,β-unsaturated/α-hetero) is 1. The lowest BCUT2D eigenvalue weighted by atomic mass is 10.0. The van der Waals surface area contributed by atoms with Gasteiger partial charge in [-0.25, -0.2) is 13.2 Å². The van der Waals surface area contributed by atoms with Crippen LogP contribution in [0.5, 0.6) is 0 Å². The van der Waals surface area contributed by atoms with E-state index in [4.69, 9.17) is 5.73 Å². The van der Waals surface area contributed by atoms with Crippen LogP contribution in [0.15, 0.2) is 36.4 Å². The maximum Gasteiger partial charge on any atom is 0.253 e. The molecule has 2 saturated heterocycles. The Balaban J connectivity index is 1.38. The van der Waals surface area contributed by atoms with Gasteiger partial charge in [0.15, 0.2) is 17.4 Å². The maximum atomic E-state index is 13.9. The predicted octanol–water partition coefficient (Wildman–Crippen LogP) is 2.94. The van der Waals surface area contributed by atoms with Crippen molar-refractivity contribution >= 4 is 17.6 Å². The summed E-state index contributed by atoms with van der Waals surface area (Å²) in [5.74, 6) is -3.72. The second-order valence-corrected chi connectivity index (χ2v) is 9.08. The Morgan fingerprint density at radius 1 is 1.03 bits per heavy atom. The summed E-state index contributed by atoms with van der Waals surface area (Å²) in [6.07, 6.45) is 0.574. The van der Waals surface area contributed by atoms with Crippen LogP contribution in [-0.2, 0) is 11.2 Å². The number of hydrogen-bond acceptors (Lipinski definition) is 4. The highest BCUT2D eigenvalue weighted by atomic mass is 19.2. The highest BCUT2D eigenvalue weighted by Crippen LogP contribution is 2.33. The van der Waals surface area contributed by atoms with Crippen molar-refractivity contribution in [2.45, 2.75) is 38.3 Å². The van der Waals surface area contributed by atoms with Crippen molar-refractivity contribution in [3.8, 4) is 0 Å². The second-order valence-electron chi connectivity index (χ2n) is 9.08. The lowest BCUT2D eigenvalue weighted by molar-refractivity contribution is -0.132. The molecular formula is C25H26F3N3O3. The topological polar surface area (TPSA) is 83.7 Å². The van der Waals surface area contributed by atoms with Crippen LogP contribution in [0.2, 0.25) is 0 Å². The number of halogens is 3. The highest BCUT2D eigenvalue weighted by molar-refractivity contribution is 5.99. The first-order valence-corrected chi connectivity index (χ1v) is 11.2. The Hall–Kier alpha value is -3.20. The number of hydrogen-bond donors (Lipinski definition) is 1. The molecule has 3 atom stereocenters. The van der Waals surface area contributed by atoms with E-state index in [1.54, 1.807) is 34.1 Å². The Labute approximate surface area is 195 Å². The van der Waals surface area contributed by atoms with Crippen LogP contribution in [0.1, 0.15) is 46.0 Å². The summed E-state index contributed by atoms with van der Waals surface area (Å²) in [6.45, 7) is 2.89. The molecule has 0 spiro atoms. The Morgan fingerprint density at radius 3 is 2.47 bits per heavy atom. The van der Waals surface area contributed by atoms with E-state index in [2.05, 4.69) is 0 Å². The van der Waals surface area contributed by atoms with Gasteiger partial charge >= 0.3 is 0 Å². The summed E-state index contributed by atoms with van der Waals surface area (Å²) in [6, 6.07) is 6.92. The second kappa shape index (κ2) is 9.58. The minimum Gasteiger partial charge on any atom is -0.338 e. The predicted molar refractivity (Wildman–Crippen MR) is 119 cm³/mol. The van der Waals surface area contributed by atoms with Gasteiger partial charge in [-0.05, 0) is 43.5 Å². The number of carbonyl (C=O) groups is 3. The number of carbonyl (C=O) groups excluding carboxylic acids is 3. The number of nitrogens with two attached hydrogens (primary N) is 1. The number of amides is 2. The van der Waals surface area contributed by atoms with Crippen molar-refractivity contribution in [2.75, 3.05) is 19.6 Å². The first kappa shape index (κ1) is 23.9. The van der Waals surface area contributed by atoms with Crippen molar-refractivity contribution in [1.29, 1.82) is 0 Å². The van der Waals surface area contributed by atoms with Crippen LogP contribution in [0.4, 0.5) is 13.2 Å². The molecule has 2 aromatic carbocycles. The third kappa shape index (κ3) is 4.84. The van der Waals surface area contributed by atoms with E-state index >= 15 is 0 Å². The van der Waals surface area contributed by atoms with Gasteiger partial charge in [0.1, 0.15) is 5.82 Å². The lowest BCUT2D eigenvalue weighted by Crippen LogP contribution is -2.43. The fourth-order valence-electron chi connectivity index (χ4n) is 4.91. The van der Waals surface area contributed by atoms with Crippen molar-refractivity contribution in [1.82, 2.24) is 9.80 Å². The zero-order valence-electron chi connectivity index (χ0n) is 18.8. The molecule has 180 valence electrons. The van der Waals surface area contributed by atoms with E-state index in [9.17, 15) is 27.6 Å². The molecule has 6 nitrogen and oxygen atoms in total. The molecule has 4 rings (SSSR count). The van der Waals surface area contributed by atoms with Crippen molar-refractivity contribution < 1.29 is 27.6 Å². The minimum atomic E-state index is -1.28. The molecule has 2 N–H and O–H groups in total. The summed E-state index contributed by atoms with van der Waals surface area (Å²) < 4.78 is 40.5. The molecule has 0 bridgehead atoms. The fourth-order valence-corrected chi connectivity index (χ4v) is 4.91. The van der Waals surface area contributed by atoms with Gasteiger partial charge in [-0.15, -0.1) is 0 Å². The van der Waals surface area contributed by atoms with E-state index in [0.29, 0.717) is 36.8 Å². The minimum absolute atomic E-state index is 0.0732. The van der Waals surface area contributed by atoms with Gasteiger partial charge < -0.3 is 15.5 Å². The van der Waals surface area contributed by atoms with E-state index in [1.165, 1.54) is 6.92 Å². The van der Waals surface area contributed by atoms with E-state index in [1.807, 2.05) is 0 Å². The standard InChI is InChI=1S/C25H26F3N3O3/c1-14(32)15-3-2-4-16(7-15)25(34)30-12-17-5-6-31(23(17)13-30)24(33)10-19(29)8-18-9-21(27)22(28)11-20(18)26/h2-4,7,9,11,17,19,23H,5-6,8,10,12-13,29H2,1H3. The molecule has 2 amide bonds. The number of nitrogens with zero attached hydrogens (tertiary/aromatic N) is 2. The SMILES string of the molecule is CC(=O)c1cccc(C(=O)N2CC3CCN(C(=O)CC(N)Cc4cc(F)c(F)cc4F)C3C2)c1. The fraction of sp³-hybridized carbons (Fsp3) is 0.400. The number of likely N-dealkylation sites (tertiary alicyclic amines) is 2. The molecular weight excluding hydrogens is 447 g/mol. The molecule has 2 heterocycles. The molecule has 3 unspecified atom stereocenters. The average molecular weight is 473 g/mol. The van der Waals surface area contributed by atoms with Gasteiger partial charge in [-0.2, -0.15) is 0 Å². The molecule has 2 aromatic rings. The first-order chi connectivity index (χ1) is 16.1. The normalized spacial score (nSPS) is 20.4. The molecule has 2 aliphatic heterocycles. The number of ketones is 1. The molecule has 0 saturated carbocycles. The number of benzene rings is 2. The highest BCUT2D eigenvalue weighted by Gasteiger charge is 2.44. The summed E-state index contributed by atoms with van der Waals surface area (Å²) in [5, 5.41) is 0. The molecule has 2 fully saturated rings. The molecule has 0 aromatic heterocycles. The van der Waals surface area contributed by atoms with Crippen LogP contribution in [0.25, 0.3) is 0 Å². The number of fused-ring (bicyclic) bond motifs is 1. The third-order valence-electron chi connectivity index (χ3n) is 6.68. The zero-order chi connectivity index (χ0) is 24.6. The van der Waals surface area contributed by atoms with Crippen LogP contribution < -0.4 is 5.73 Å². The summed E-state index contributed by atoms with van der Waals surface area (Å²) in [4.78, 5) is 41.0. The molecule has 2 aliphatic rings. The van der Waals surface area contributed by atoms with Crippen molar-refractivity contribution in [3.05, 3.63) is 70.5 Å². The van der Waals surface area contributed by atoms with Gasteiger partial charge in [-0.1, -0.05) is 12.1 Å². The lowest BCUT2D eigenvalue weighted by Gasteiger charge is -2.26. The molecule has 0 radical (unpaired) electrons.